The van der Waals surface area contributed by atoms with Crippen LogP contribution in [0.1, 0.15) is 36.2 Å². The van der Waals surface area contributed by atoms with E-state index in [-0.39, 0.29) is 6.04 Å². The molecule has 0 radical (unpaired) electrons. The normalized spacial score (nSPS) is 12.6. The Balaban J connectivity index is 2.27. The molecule has 2 heterocycles. The Bertz CT molecular complexity index is 451. The first-order valence-electron chi connectivity index (χ1n) is 5.99. The lowest BCUT2D eigenvalue weighted by atomic mass is 10.1. The van der Waals surface area contributed by atoms with Crippen LogP contribution in [0.2, 0.25) is 0 Å². The van der Waals surface area contributed by atoms with Gasteiger partial charge in [-0.1, -0.05) is 6.92 Å². The smallest absolute Gasteiger partial charge is 0.0759 e. The molecule has 0 amide bonds. The Kier molecular flexibility index (Phi) is 4.29. The number of nitrogens with one attached hydrogen (secondary N) is 1. The van der Waals surface area contributed by atoms with E-state index in [0.29, 0.717) is 0 Å². The number of hydrogen-bond donors (Lipinski definition) is 1. The fourth-order valence-corrected chi connectivity index (χ4v) is 2.52. The van der Waals surface area contributed by atoms with E-state index in [1.54, 1.807) is 11.3 Å². The monoisotopic (exact) mass is 246 g/mol. The summed E-state index contributed by atoms with van der Waals surface area (Å²) in [6.07, 6.45) is 3.02. The molecule has 2 aromatic rings. The quantitative estimate of drug-likeness (QED) is 0.873. The second kappa shape index (κ2) is 5.94. The maximum Gasteiger partial charge on any atom is 0.0759 e. The van der Waals surface area contributed by atoms with Gasteiger partial charge < -0.3 is 5.32 Å². The Morgan fingerprint density at radius 1 is 1.41 bits per heavy atom. The third kappa shape index (κ3) is 3.14. The molecule has 0 spiro atoms. The van der Waals surface area contributed by atoms with E-state index < -0.39 is 0 Å². The third-order valence-electron chi connectivity index (χ3n) is 2.71. The molecule has 2 rings (SSSR count). The zero-order valence-corrected chi connectivity index (χ0v) is 11.1. The average Bonchev–Trinajstić information content (AvgIpc) is 2.83. The highest BCUT2D eigenvalue weighted by atomic mass is 32.1. The van der Waals surface area contributed by atoms with Crippen molar-refractivity contribution < 1.29 is 0 Å². The highest BCUT2D eigenvalue weighted by molar-refractivity contribution is 7.08. The summed E-state index contributed by atoms with van der Waals surface area (Å²) in [7, 11) is 0. The first-order valence-corrected chi connectivity index (χ1v) is 6.93. The molecular formula is C14H18N2S. The summed E-state index contributed by atoms with van der Waals surface area (Å²) in [6, 6.07) is 6.59. The Morgan fingerprint density at radius 3 is 2.94 bits per heavy atom. The fourth-order valence-electron chi connectivity index (χ4n) is 1.84. The maximum absolute atomic E-state index is 4.49. The summed E-state index contributed by atoms with van der Waals surface area (Å²) in [5.41, 5.74) is 3.67. The predicted octanol–water partition coefficient (Wildman–Crippen LogP) is 3.54. The minimum Gasteiger partial charge on any atom is -0.305 e. The van der Waals surface area contributed by atoms with Crippen LogP contribution >= 0.6 is 11.3 Å². The van der Waals surface area contributed by atoms with Gasteiger partial charge in [-0.3, -0.25) is 4.98 Å². The predicted molar refractivity (Wildman–Crippen MR) is 73.4 cm³/mol. The van der Waals surface area contributed by atoms with Crippen molar-refractivity contribution in [1.29, 1.82) is 0 Å². The van der Waals surface area contributed by atoms with Gasteiger partial charge in [0.15, 0.2) is 0 Å². The van der Waals surface area contributed by atoms with E-state index in [0.717, 1.165) is 18.7 Å². The van der Waals surface area contributed by atoms with Gasteiger partial charge >= 0.3 is 0 Å². The molecule has 0 bridgehead atoms. The number of thiophene rings is 1. The lowest BCUT2D eigenvalue weighted by Crippen LogP contribution is -2.23. The second-order valence-electron chi connectivity index (χ2n) is 4.20. The Labute approximate surface area is 107 Å². The van der Waals surface area contributed by atoms with Crippen LogP contribution in [-0.2, 0) is 0 Å². The minimum absolute atomic E-state index is 0.223. The second-order valence-corrected chi connectivity index (χ2v) is 4.98. The van der Waals surface area contributed by atoms with Crippen molar-refractivity contribution in [2.24, 2.45) is 0 Å². The molecule has 0 aliphatic heterocycles. The summed E-state index contributed by atoms with van der Waals surface area (Å²) >= 11 is 1.73. The third-order valence-corrected chi connectivity index (χ3v) is 3.41. The molecular weight excluding hydrogens is 228 g/mol. The number of nitrogens with zero attached hydrogens (tertiary/aromatic N) is 1. The van der Waals surface area contributed by atoms with E-state index in [9.17, 15) is 0 Å². The maximum atomic E-state index is 4.49. The van der Waals surface area contributed by atoms with Crippen LogP contribution in [0.3, 0.4) is 0 Å². The van der Waals surface area contributed by atoms with Crippen LogP contribution < -0.4 is 5.32 Å². The van der Waals surface area contributed by atoms with E-state index in [4.69, 9.17) is 0 Å². The lowest BCUT2D eigenvalue weighted by molar-refractivity contribution is 0.587. The largest absolute Gasteiger partial charge is 0.305 e. The molecule has 2 aromatic heterocycles. The molecule has 0 aliphatic rings. The molecule has 0 saturated carbocycles. The molecule has 0 saturated heterocycles. The number of pyridine rings is 1. The van der Waals surface area contributed by atoms with Crippen molar-refractivity contribution in [3.63, 3.8) is 0 Å². The fraction of sp³-hybridized carbons (Fsp3) is 0.357. The van der Waals surface area contributed by atoms with Gasteiger partial charge in [-0.15, -0.1) is 0 Å². The van der Waals surface area contributed by atoms with Crippen molar-refractivity contribution in [3.05, 3.63) is 52.0 Å². The van der Waals surface area contributed by atoms with Crippen molar-refractivity contribution in [2.45, 2.75) is 26.3 Å². The van der Waals surface area contributed by atoms with Gasteiger partial charge in [0.25, 0.3) is 0 Å². The van der Waals surface area contributed by atoms with Crippen molar-refractivity contribution in [1.82, 2.24) is 10.3 Å². The van der Waals surface area contributed by atoms with Gasteiger partial charge in [0.05, 0.1) is 11.7 Å². The van der Waals surface area contributed by atoms with Gasteiger partial charge in [-0.2, -0.15) is 11.3 Å². The first-order chi connectivity index (χ1) is 8.31. The van der Waals surface area contributed by atoms with Crippen molar-refractivity contribution in [3.8, 4) is 0 Å². The van der Waals surface area contributed by atoms with E-state index in [2.05, 4.69) is 47.0 Å². The number of hydrogen-bond acceptors (Lipinski definition) is 3. The molecule has 90 valence electrons. The summed E-state index contributed by atoms with van der Waals surface area (Å²) in [4.78, 5) is 4.49. The first kappa shape index (κ1) is 12.3. The van der Waals surface area contributed by atoms with Crippen LogP contribution in [-0.4, -0.2) is 11.5 Å². The van der Waals surface area contributed by atoms with Crippen LogP contribution in [0.25, 0.3) is 0 Å². The summed E-state index contributed by atoms with van der Waals surface area (Å²) < 4.78 is 0. The van der Waals surface area contributed by atoms with Crippen LogP contribution in [0.4, 0.5) is 0 Å². The Hall–Kier alpha value is -1.19. The summed E-state index contributed by atoms with van der Waals surface area (Å²) in [5.74, 6) is 0. The minimum atomic E-state index is 0.223. The van der Waals surface area contributed by atoms with Crippen molar-refractivity contribution in [2.75, 3.05) is 6.54 Å². The number of aromatic nitrogens is 1. The van der Waals surface area contributed by atoms with Gasteiger partial charge in [-0.25, -0.2) is 0 Å². The van der Waals surface area contributed by atoms with E-state index >= 15 is 0 Å². The molecule has 1 unspecified atom stereocenters. The number of aryl methyl sites for hydroxylation is 1. The zero-order valence-electron chi connectivity index (χ0n) is 10.3. The van der Waals surface area contributed by atoms with Crippen LogP contribution in [0, 0.1) is 6.92 Å². The van der Waals surface area contributed by atoms with Crippen LogP contribution in [0.5, 0.6) is 0 Å². The summed E-state index contributed by atoms with van der Waals surface area (Å²) in [6.45, 7) is 5.30. The van der Waals surface area contributed by atoms with Gasteiger partial charge in [0, 0.05) is 6.20 Å². The van der Waals surface area contributed by atoms with Gasteiger partial charge in [-0.05, 0) is 60.0 Å². The van der Waals surface area contributed by atoms with E-state index in [1.165, 1.54) is 11.1 Å². The molecule has 1 atom stereocenters. The average molecular weight is 246 g/mol. The molecule has 0 aliphatic carbocycles. The Morgan fingerprint density at radius 2 is 2.29 bits per heavy atom. The van der Waals surface area contributed by atoms with E-state index in [1.807, 2.05) is 12.3 Å². The van der Waals surface area contributed by atoms with Gasteiger partial charge in [0.1, 0.15) is 0 Å². The SMILES string of the molecule is CCCNC(c1ccsc1)c1cc(C)ccn1. The lowest BCUT2D eigenvalue weighted by Gasteiger charge is -2.17. The zero-order chi connectivity index (χ0) is 12.1. The molecule has 2 nitrogen and oxygen atoms in total. The highest BCUT2D eigenvalue weighted by Gasteiger charge is 2.14. The molecule has 17 heavy (non-hydrogen) atoms. The molecule has 0 aromatic carbocycles. The summed E-state index contributed by atoms with van der Waals surface area (Å²) in [5, 5.41) is 7.87. The number of rotatable bonds is 5. The van der Waals surface area contributed by atoms with Crippen LogP contribution in [0.15, 0.2) is 35.2 Å². The van der Waals surface area contributed by atoms with Gasteiger partial charge in [0.2, 0.25) is 0 Å². The van der Waals surface area contributed by atoms with Crippen molar-refractivity contribution >= 4 is 11.3 Å². The molecule has 3 heteroatoms. The standard InChI is InChI=1S/C14H18N2S/c1-3-6-16-14(12-5-8-17-10-12)13-9-11(2)4-7-15-13/h4-5,7-10,14,16H,3,6H2,1-2H3. The highest BCUT2D eigenvalue weighted by Crippen LogP contribution is 2.23. The topological polar surface area (TPSA) is 24.9 Å². The molecule has 1 N–H and O–H groups in total. The molecule has 0 fully saturated rings.